The highest BCUT2D eigenvalue weighted by Gasteiger charge is 2.21. The lowest BCUT2D eigenvalue weighted by molar-refractivity contribution is 0.172. The van der Waals surface area contributed by atoms with Crippen LogP contribution in [0.2, 0.25) is 0 Å². The van der Waals surface area contributed by atoms with Gasteiger partial charge in [0.1, 0.15) is 11.6 Å². The first-order valence-corrected chi connectivity index (χ1v) is 5.67. The molecule has 0 spiro atoms. The van der Waals surface area contributed by atoms with Gasteiger partial charge in [-0.15, -0.1) is 0 Å². The first-order chi connectivity index (χ1) is 7.52. The fourth-order valence-corrected chi connectivity index (χ4v) is 2.18. The lowest BCUT2D eigenvalue weighted by atomic mass is 10.0. The van der Waals surface area contributed by atoms with Gasteiger partial charge >= 0.3 is 0 Å². The van der Waals surface area contributed by atoms with Crippen molar-refractivity contribution >= 4 is 15.9 Å². The molecule has 90 valence electrons. The molecule has 1 aromatic carbocycles. The molecular weight excluding hydrogens is 277 g/mol. The molecule has 1 unspecified atom stereocenters. The molecule has 3 nitrogen and oxygen atoms in total. The molecule has 5 heteroatoms. The number of aryl methyl sites for hydroxylation is 1. The average molecular weight is 292 g/mol. The number of hydrogen-bond acceptors (Lipinski definition) is 3. The fraction of sp³-hybridized carbons (Fsp3) is 0.455. The summed E-state index contributed by atoms with van der Waals surface area (Å²) >= 11 is 3.13. The van der Waals surface area contributed by atoms with Crippen LogP contribution in [-0.2, 0) is 0 Å². The largest absolute Gasteiger partial charge is 0.496 e. The Hall–Kier alpha value is -0.650. The standard InChI is InChI=1S/C11H15BrFNO2/c1-6-4-7(13)10(12)9(11(6)16-3)8(15)5-14-2/h4,8,14-15H,5H2,1-3H3. The van der Waals surface area contributed by atoms with Crippen LogP contribution < -0.4 is 10.1 Å². The van der Waals surface area contributed by atoms with Crippen LogP contribution in [0.25, 0.3) is 0 Å². The molecule has 1 rings (SSSR count). The Morgan fingerprint density at radius 1 is 1.62 bits per heavy atom. The molecule has 0 radical (unpaired) electrons. The highest BCUT2D eigenvalue weighted by atomic mass is 79.9. The third-order valence-electron chi connectivity index (χ3n) is 2.33. The molecular formula is C11H15BrFNO2. The molecule has 1 atom stereocenters. The number of likely N-dealkylation sites (N-methyl/N-ethyl adjacent to an activating group) is 1. The monoisotopic (exact) mass is 291 g/mol. The van der Waals surface area contributed by atoms with Crippen LogP contribution in [0.5, 0.6) is 5.75 Å². The van der Waals surface area contributed by atoms with Gasteiger partial charge in [-0.3, -0.25) is 0 Å². The van der Waals surface area contributed by atoms with Crippen LogP contribution in [0.4, 0.5) is 4.39 Å². The quantitative estimate of drug-likeness (QED) is 0.893. The van der Waals surface area contributed by atoms with E-state index in [2.05, 4.69) is 21.2 Å². The van der Waals surface area contributed by atoms with E-state index >= 15 is 0 Å². The predicted octanol–water partition coefficient (Wildman–Crippen LogP) is 2.16. The predicted molar refractivity (Wildman–Crippen MR) is 64.3 cm³/mol. The van der Waals surface area contributed by atoms with Gasteiger partial charge in [0, 0.05) is 12.1 Å². The molecule has 16 heavy (non-hydrogen) atoms. The summed E-state index contributed by atoms with van der Waals surface area (Å²) in [6.07, 6.45) is -0.816. The molecule has 0 saturated heterocycles. The zero-order valence-corrected chi connectivity index (χ0v) is 11.1. The summed E-state index contributed by atoms with van der Waals surface area (Å²) in [6.45, 7) is 2.07. The summed E-state index contributed by atoms with van der Waals surface area (Å²) < 4.78 is 19.0. The van der Waals surface area contributed by atoms with Gasteiger partial charge in [0.25, 0.3) is 0 Å². The van der Waals surface area contributed by atoms with Gasteiger partial charge in [-0.1, -0.05) is 0 Å². The van der Waals surface area contributed by atoms with Gasteiger partial charge < -0.3 is 15.2 Å². The van der Waals surface area contributed by atoms with Crippen molar-refractivity contribution in [2.75, 3.05) is 20.7 Å². The van der Waals surface area contributed by atoms with Crippen LogP contribution in [0.3, 0.4) is 0 Å². The topological polar surface area (TPSA) is 41.5 Å². The number of hydrogen-bond donors (Lipinski definition) is 2. The summed E-state index contributed by atoms with van der Waals surface area (Å²) in [5.74, 6) is 0.111. The maximum atomic E-state index is 13.5. The normalized spacial score (nSPS) is 12.6. The van der Waals surface area contributed by atoms with Crippen molar-refractivity contribution in [3.63, 3.8) is 0 Å². The van der Waals surface area contributed by atoms with Gasteiger partial charge in [0.05, 0.1) is 17.7 Å². The van der Waals surface area contributed by atoms with E-state index in [4.69, 9.17) is 4.74 Å². The van der Waals surface area contributed by atoms with Crippen molar-refractivity contribution in [1.82, 2.24) is 5.32 Å². The number of ether oxygens (including phenoxy) is 1. The molecule has 0 aliphatic rings. The van der Waals surface area contributed by atoms with Crippen molar-refractivity contribution in [3.8, 4) is 5.75 Å². The van der Waals surface area contributed by atoms with E-state index in [0.717, 1.165) is 0 Å². The summed E-state index contributed by atoms with van der Waals surface area (Å²) in [4.78, 5) is 0. The van der Waals surface area contributed by atoms with Gasteiger partial charge in [0.15, 0.2) is 0 Å². The minimum absolute atomic E-state index is 0.248. The lowest BCUT2D eigenvalue weighted by Gasteiger charge is -2.18. The summed E-state index contributed by atoms with van der Waals surface area (Å²) in [7, 11) is 3.22. The second-order valence-corrected chi connectivity index (χ2v) is 4.30. The Bertz CT molecular complexity index is 385. The van der Waals surface area contributed by atoms with E-state index in [0.29, 0.717) is 23.4 Å². The molecule has 2 N–H and O–H groups in total. The summed E-state index contributed by atoms with van der Waals surface area (Å²) in [6, 6.07) is 1.37. The Morgan fingerprint density at radius 2 is 2.25 bits per heavy atom. The number of aliphatic hydroxyl groups excluding tert-OH is 1. The first kappa shape index (κ1) is 13.4. The van der Waals surface area contributed by atoms with Crippen LogP contribution >= 0.6 is 15.9 Å². The number of aliphatic hydroxyl groups is 1. The van der Waals surface area contributed by atoms with E-state index < -0.39 is 11.9 Å². The molecule has 0 fully saturated rings. The summed E-state index contributed by atoms with van der Waals surface area (Å²) in [5.41, 5.74) is 1.10. The van der Waals surface area contributed by atoms with Crippen molar-refractivity contribution in [3.05, 3.63) is 27.5 Å². The van der Waals surface area contributed by atoms with Gasteiger partial charge in [-0.05, 0) is 41.5 Å². The Balaban J connectivity index is 3.32. The van der Waals surface area contributed by atoms with Gasteiger partial charge in [-0.2, -0.15) is 0 Å². The first-order valence-electron chi connectivity index (χ1n) is 4.88. The molecule has 0 saturated carbocycles. The number of nitrogens with one attached hydrogen (secondary N) is 1. The number of methoxy groups -OCH3 is 1. The molecule has 0 heterocycles. The highest BCUT2D eigenvalue weighted by molar-refractivity contribution is 9.10. The summed E-state index contributed by atoms with van der Waals surface area (Å²) in [5, 5.41) is 12.8. The third kappa shape index (κ3) is 2.53. The zero-order chi connectivity index (χ0) is 12.3. The number of benzene rings is 1. The smallest absolute Gasteiger partial charge is 0.138 e. The van der Waals surface area contributed by atoms with Crippen LogP contribution in [0.1, 0.15) is 17.2 Å². The van der Waals surface area contributed by atoms with E-state index in [-0.39, 0.29) is 4.47 Å². The Morgan fingerprint density at radius 3 is 2.75 bits per heavy atom. The third-order valence-corrected chi connectivity index (χ3v) is 3.13. The zero-order valence-electron chi connectivity index (χ0n) is 9.47. The lowest BCUT2D eigenvalue weighted by Crippen LogP contribution is -2.18. The number of rotatable bonds is 4. The fourth-order valence-electron chi connectivity index (χ4n) is 1.62. The molecule has 0 aromatic heterocycles. The highest BCUT2D eigenvalue weighted by Crippen LogP contribution is 2.36. The SMILES string of the molecule is CNCC(O)c1c(Br)c(F)cc(C)c1OC. The van der Waals surface area contributed by atoms with E-state index in [1.165, 1.54) is 13.2 Å². The van der Waals surface area contributed by atoms with Gasteiger partial charge in [0.2, 0.25) is 0 Å². The Kier molecular flexibility index (Phi) is 4.70. The second kappa shape index (κ2) is 5.61. The molecule has 1 aromatic rings. The molecule has 0 bridgehead atoms. The molecule has 0 amide bonds. The van der Waals surface area contributed by atoms with Crippen LogP contribution in [-0.4, -0.2) is 25.8 Å². The van der Waals surface area contributed by atoms with E-state index in [1.807, 2.05) is 0 Å². The van der Waals surface area contributed by atoms with Crippen LogP contribution in [0, 0.1) is 12.7 Å². The van der Waals surface area contributed by atoms with Gasteiger partial charge in [-0.25, -0.2) is 4.39 Å². The maximum absolute atomic E-state index is 13.5. The minimum atomic E-state index is -0.816. The number of halogens is 2. The van der Waals surface area contributed by atoms with E-state index in [1.54, 1.807) is 14.0 Å². The Labute approximate surface area is 103 Å². The molecule has 0 aliphatic heterocycles. The van der Waals surface area contributed by atoms with E-state index in [9.17, 15) is 9.50 Å². The van der Waals surface area contributed by atoms with Crippen LogP contribution in [0.15, 0.2) is 10.5 Å². The molecule has 0 aliphatic carbocycles. The van der Waals surface area contributed by atoms with Crippen molar-refractivity contribution in [1.29, 1.82) is 0 Å². The van der Waals surface area contributed by atoms with Crippen molar-refractivity contribution in [2.24, 2.45) is 0 Å². The maximum Gasteiger partial charge on any atom is 0.138 e. The average Bonchev–Trinajstić information content (AvgIpc) is 2.23. The van der Waals surface area contributed by atoms with Crippen molar-refractivity contribution < 1.29 is 14.2 Å². The second-order valence-electron chi connectivity index (χ2n) is 3.51. The van der Waals surface area contributed by atoms with Crippen molar-refractivity contribution in [2.45, 2.75) is 13.0 Å². The minimum Gasteiger partial charge on any atom is -0.496 e.